The standard InChI is InChI=1S/C18H32N2O/c1-5-17(2)9-8-10-18(3)21-16-7-6-11-20-14-12-19(4)13-15-20/h5,8-9H,3,6-7,10-16H2,1-2,4H3/b9-8?,17-5-. The van der Waals surface area contributed by atoms with E-state index >= 15 is 0 Å². The van der Waals surface area contributed by atoms with Gasteiger partial charge in [-0.25, -0.2) is 0 Å². The van der Waals surface area contributed by atoms with Crippen LogP contribution in [0.15, 0.2) is 36.1 Å². The highest BCUT2D eigenvalue weighted by atomic mass is 16.5. The van der Waals surface area contributed by atoms with Crippen molar-refractivity contribution in [3.63, 3.8) is 0 Å². The molecule has 1 rings (SSSR count). The van der Waals surface area contributed by atoms with Crippen molar-refractivity contribution in [3.05, 3.63) is 36.1 Å². The molecular formula is C18H32N2O. The van der Waals surface area contributed by atoms with Crippen molar-refractivity contribution in [2.75, 3.05) is 46.4 Å². The van der Waals surface area contributed by atoms with E-state index in [0.717, 1.165) is 25.2 Å². The SMILES string of the molecule is C=C(CC=C/C(C)=C\C)OCCCCN1CCN(C)CC1. The molecule has 0 spiro atoms. The van der Waals surface area contributed by atoms with Gasteiger partial charge in [0.2, 0.25) is 0 Å². The Morgan fingerprint density at radius 2 is 1.90 bits per heavy atom. The monoisotopic (exact) mass is 292 g/mol. The summed E-state index contributed by atoms with van der Waals surface area (Å²) < 4.78 is 5.67. The van der Waals surface area contributed by atoms with E-state index in [1.165, 1.54) is 44.7 Å². The fourth-order valence-corrected chi connectivity index (χ4v) is 2.26. The second kappa shape index (κ2) is 10.6. The maximum atomic E-state index is 5.67. The second-order valence-electron chi connectivity index (χ2n) is 5.88. The molecule has 0 N–H and O–H groups in total. The van der Waals surface area contributed by atoms with Gasteiger partial charge in [0.1, 0.15) is 0 Å². The van der Waals surface area contributed by atoms with Gasteiger partial charge in [0.05, 0.1) is 12.4 Å². The molecule has 0 saturated carbocycles. The molecule has 0 amide bonds. The number of hydrogen-bond acceptors (Lipinski definition) is 3. The molecule has 1 aliphatic rings. The van der Waals surface area contributed by atoms with Crippen molar-refractivity contribution in [1.29, 1.82) is 0 Å². The van der Waals surface area contributed by atoms with Crippen molar-refractivity contribution in [2.45, 2.75) is 33.1 Å². The number of piperazine rings is 1. The summed E-state index contributed by atoms with van der Waals surface area (Å²) in [5.74, 6) is 0.870. The smallest absolute Gasteiger partial charge is 0.0925 e. The maximum Gasteiger partial charge on any atom is 0.0925 e. The number of hydrogen-bond donors (Lipinski definition) is 0. The van der Waals surface area contributed by atoms with Crippen molar-refractivity contribution < 1.29 is 4.74 Å². The van der Waals surface area contributed by atoms with E-state index in [0.29, 0.717) is 0 Å². The van der Waals surface area contributed by atoms with Crippen molar-refractivity contribution in [3.8, 4) is 0 Å². The average Bonchev–Trinajstić information content (AvgIpc) is 2.48. The van der Waals surface area contributed by atoms with E-state index in [1.807, 2.05) is 6.92 Å². The van der Waals surface area contributed by atoms with Gasteiger partial charge in [0.25, 0.3) is 0 Å². The molecule has 0 bridgehead atoms. The third kappa shape index (κ3) is 8.74. The van der Waals surface area contributed by atoms with Gasteiger partial charge in [-0.3, -0.25) is 0 Å². The average molecular weight is 292 g/mol. The molecule has 0 unspecified atom stereocenters. The Bertz CT molecular complexity index is 352. The van der Waals surface area contributed by atoms with Gasteiger partial charge in [0, 0.05) is 32.6 Å². The maximum absolute atomic E-state index is 5.67. The highest BCUT2D eigenvalue weighted by molar-refractivity contribution is 5.15. The molecule has 0 aromatic carbocycles. The first-order chi connectivity index (χ1) is 10.1. The normalized spacial score (nSPS) is 18.3. The quantitative estimate of drug-likeness (QED) is 0.368. The molecule has 1 fully saturated rings. The van der Waals surface area contributed by atoms with Crippen molar-refractivity contribution in [1.82, 2.24) is 9.80 Å². The molecule has 1 aliphatic heterocycles. The van der Waals surface area contributed by atoms with E-state index < -0.39 is 0 Å². The van der Waals surface area contributed by atoms with Crippen LogP contribution in [0.3, 0.4) is 0 Å². The lowest BCUT2D eigenvalue weighted by Crippen LogP contribution is -2.44. The predicted octanol–water partition coefficient (Wildman–Crippen LogP) is 3.46. The molecule has 0 aromatic heterocycles. The highest BCUT2D eigenvalue weighted by Gasteiger charge is 2.12. The van der Waals surface area contributed by atoms with E-state index in [9.17, 15) is 0 Å². The van der Waals surface area contributed by atoms with E-state index in [4.69, 9.17) is 4.74 Å². The molecule has 0 radical (unpaired) electrons. The molecule has 0 aromatic rings. The Kier molecular flexibility index (Phi) is 9.11. The Balaban J connectivity index is 1.98. The lowest BCUT2D eigenvalue weighted by atomic mass is 10.2. The first-order valence-electron chi connectivity index (χ1n) is 8.12. The van der Waals surface area contributed by atoms with Crippen molar-refractivity contribution in [2.24, 2.45) is 0 Å². The molecule has 0 atom stereocenters. The van der Waals surface area contributed by atoms with E-state index in [1.54, 1.807) is 0 Å². The minimum atomic E-state index is 0.795. The summed E-state index contributed by atoms with van der Waals surface area (Å²) in [4.78, 5) is 4.95. The summed E-state index contributed by atoms with van der Waals surface area (Å²) in [5, 5.41) is 0. The largest absolute Gasteiger partial charge is 0.498 e. The van der Waals surface area contributed by atoms with Crippen LogP contribution in [0.4, 0.5) is 0 Å². The van der Waals surface area contributed by atoms with Crippen LogP contribution in [0.25, 0.3) is 0 Å². The zero-order valence-electron chi connectivity index (χ0n) is 14.1. The summed E-state index contributed by atoms with van der Waals surface area (Å²) >= 11 is 0. The number of nitrogens with zero attached hydrogens (tertiary/aromatic N) is 2. The Labute approximate surface area is 131 Å². The van der Waals surface area contributed by atoms with Gasteiger partial charge < -0.3 is 14.5 Å². The minimum absolute atomic E-state index is 0.795. The highest BCUT2D eigenvalue weighted by Crippen LogP contribution is 2.06. The fourth-order valence-electron chi connectivity index (χ4n) is 2.26. The van der Waals surface area contributed by atoms with Crippen LogP contribution in [0, 0.1) is 0 Å². The van der Waals surface area contributed by atoms with Crippen LogP contribution < -0.4 is 0 Å². The third-order valence-corrected chi connectivity index (χ3v) is 3.95. The van der Waals surface area contributed by atoms with Crippen LogP contribution in [0.1, 0.15) is 33.1 Å². The van der Waals surface area contributed by atoms with Crippen LogP contribution in [0.5, 0.6) is 0 Å². The Morgan fingerprint density at radius 3 is 2.57 bits per heavy atom. The van der Waals surface area contributed by atoms with Gasteiger partial charge in [-0.1, -0.05) is 30.4 Å². The molecule has 3 nitrogen and oxygen atoms in total. The van der Waals surface area contributed by atoms with Crippen LogP contribution in [-0.4, -0.2) is 56.2 Å². The van der Waals surface area contributed by atoms with E-state index in [-0.39, 0.29) is 0 Å². The Hall–Kier alpha value is -1.06. The zero-order valence-corrected chi connectivity index (χ0v) is 14.1. The van der Waals surface area contributed by atoms with Gasteiger partial charge in [-0.05, 0) is 40.3 Å². The molecule has 3 heteroatoms. The topological polar surface area (TPSA) is 15.7 Å². The molecule has 0 aliphatic carbocycles. The summed E-state index contributed by atoms with van der Waals surface area (Å²) in [7, 11) is 2.20. The molecule has 120 valence electrons. The van der Waals surface area contributed by atoms with Gasteiger partial charge >= 0.3 is 0 Å². The number of likely N-dealkylation sites (N-methyl/N-ethyl adjacent to an activating group) is 1. The van der Waals surface area contributed by atoms with Crippen LogP contribution in [0.2, 0.25) is 0 Å². The Morgan fingerprint density at radius 1 is 1.19 bits per heavy atom. The molecular weight excluding hydrogens is 260 g/mol. The van der Waals surface area contributed by atoms with Crippen molar-refractivity contribution >= 4 is 0 Å². The summed E-state index contributed by atoms with van der Waals surface area (Å²) in [6.45, 7) is 14.9. The van der Waals surface area contributed by atoms with E-state index in [2.05, 4.69) is 48.6 Å². The minimum Gasteiger partial charge on any atom is -0.498 e. The lowest BCUT2D eigenvalue weighted by Gasteiger charge is -2.32. The molecule has 1 heterocycles. The first kappa shape index (κ1) is 18.0. The summed E-state index contributed by atoms with van der Waals surface area (Å²) in [6, 6.07) is 0. The third-order valence-electron chi connectivity index (χ3n) is 3.95. The predicted molar refractivity (Wildman–Crippen MR) is 91.5 cm³/mol. The summed E-state index contributed by atoms with van der Waals surface area (Å²) in [5.41, 5.74) is 1.27. The summed E-state index contributed by atoms with van der Waals surface area (Å²) in [6.07, 6.45) is 9.46. The lowest BCUT2D eigenvalue weighted by molar-refractivity contribution is 0.145. The van der Waals surface area contributed by atoms with Crippen LogP contribution >= 0.6 is 0 Å². The van der Waals surface area contributed by atoms with Gasteiger partial charge in [-0.2, -0.15) is 0 Å². The molecule has 21 heavy (non-hydrogen) atoms. The number of ether oxygens (including phenoxy) is 1. The fraction of sp³-hybridized carbons (Fsp3) is 0.667. The number of allylic oxidation sites excluding steroid dienone is 4. The first-order valence-corrected chi connectivity index (χ1v) is 8.12. The molecule has 1 saturated heterocycles. The van der Waals surface area contributed by atoms with Crippen LogP contribution in [-0.2, 0) is 4.74 Å². The van der Waals surface area contributed by atoms with Gasteiger partial charge in [-0.15, -0.1) is 0 Å². The second-order valence-corrected chi connectivity index (χ2v) is 5.88. The number of unbranched alkanes of at least 4 members (excludes halogenated alkanes) is 1. The zero-order chi connectivity index (χ0) is 15.5. The van der Waals surface area contributed by atoms with Gasteiger partial charge in [0.15, 0.2) is 0 Å². The number of rotatable bonds is 9.